The Morgan fingerprint density at radius 1 is 1.25 bits per heavy atom. The van der Waals surface area contributed by atoms with Crippen LogP contribution in [-0.4, -0.2) is 37.8 Å². The molecule has 6 heteroatoms. The first kappa shape index (κ1) is 11.1. The van der Waals surface area contributed by atoms with E-state index in [4.69, 9.17) is 0 Å². The third kappa shape index (κ3) is 1.45. The Kier molecular flexibility index (Phi) is 2.14. The zero-order chi connectivity index (χ0) is 13.7. The number of benzene rings is 1. The van der Waals surface area contributed by atoms with Crippen molar-refractivity contribution in [2.24, 2.45) is 0 Å². The topological polar surface area (TPSA) is 74.8 Å². The molecule has 2 aromatic heterocycles. The van der Waals surface area contributed by atoms with Crippen LogP contribution in [0.5, 0.6) is 0 Å². The van der Waals surface area contributed by atoms with Crippen LogP contribution in [0.15, 0.2) is 30.9 Å². The fraction of sp³-hybridized carbons (Fsp3) is 0.143. The van der Waals surface area contributed by atoms with E-state index in [0.717, 1.165) is 27.9 Å². The molecule has 0 radical (unpaired) electrons. The van der Waals surface area contributed by atoms with Crippen molar-refractivity contribution < 1.29 is 4.79 Å². The predicted molar refractivity (Wildman–Crippen MR) is 72.9 cm³/mol. The number of nitrogens with one attached hydrogen (secondary N) is 1. The van der Waals surface area contributed by atoms with Gasteiger partial charge in [-0.2, -0.15) is 0 Å². The Morgan fingerprint density at radius 2 is 2.15 bits per heavy atom. The van der Waals surface area contributed by atoms with Gasteiger partial charge < -0.3 is 9.88 Å². The van der Waals surface area contributed by atoms with Gasteiger partial charge in [-0.25, -0.2) is 15.0 Å². The summed E-state index contributed by atoms with van der Waals surface area (Å²) in [6, 6.07) is 5.79. The number of imidazole rings is 1. The lowest BCUT2D eigenvalue weighted by molar-refractivity contribution is 0.0816. The fourth-order valence-corrected chi connectivity index (χ4v) is 2.60. The maximum absolute atomic E-state index is 11.9. The number of H-pyrrole nitrogens is 1. The first-order chi connectivity index (χ1) is 9.74. The van der Waals surface area contributed by atoms with Crippen molar-refractivity contribution in [3.8, 4) is 11.3 Å². The lowest BCUT2D eigenvalue weighted by Gasteiger charge is -2.04. The molecule has 1 N–H and O–H groups in total. The van der Waals surface area contributed by atoms with Crippen molar-refractivity contribution in [2.75, 3.05) is 7.05 Å². The molecule has 1 aliphatic heterocycles. The summed E-state index contributed by atoms with van der Waals surface area (Å²) in [4.78, 5) is 29.2. The van der Waals surface area contributed by atoms with E-state index in [-0.39, 0.29) is 5.91 Å². The van der Waals surface area contributed by atoms with E-state index >= 15 is 0 Å². The Labute approximate surface area is 114 Å². The van der Waals surface area contributed by atoms with Gasteiger partial charge in [-0.15, -0.1) is 0 Å². The normalized spacial score (nSPS) is 14.1. The molecule has 1 amide bonds. The van der Waals surface area contributed by atoms with Gasteiger partial charge in [0.05, 0.1) is 12.0 Å². The summed E-state index contributed by atoms with van der Waals surface area (Å²) in [7, 11) is 1.81. The maximum Gasteiger partial charge on any atom is 0.254 e. The summed E-state index contributed by atoms with van der Waals surface area (Å²) in [5.41, 5.74) is 5.02. The van der Waals surface area contributed by atoms with Crippen molar-refractivity contribution in [1.82, 2.24) is 24.8 Å². The van der Waals surface area contributed by atoms with Gasteiger partial charge in [0.15, 0.2) is 5.65 Å². The number of hydrogen-bond acceptors (Lipinski definition) is 4. The predicted octanol–water partition coefficient (Wildman–Crippen LogP) is 1.61. The molecule has 1 aromatic carbocycles. The molecular weight excluding hydrogens is 254 g/mol. The van der Waals surface area contributed by atoms with Crippen LogP contribution in [0.1, 0.15) is 15.9 Å². The van der Waals surface area contributed by atoms with Crippen LogP contribution in [0, 0.1) is 0 Å². The van der Waals surface area contributed by atoms with E-state index in [1.54, 1.807) is 18.3 Å². The second-order valence-corrected chi connectivity index (χ2v) is 4.86. The molecule has 0 aliphatic carbocycles. The standard InChI is InChI=1S/C14H11N5O/c1-19-5-9-4-8(2-3-10(9)14(19)20)11-12-13(17-6-15-11)18-7-16-12/h2-4,6-7H,5H2,1H3,(H,15,16,17,18). The summed E-state index contributed by atoms with van der Waals surface area (Å²) in [5, 5.41) is 0. The molecular formula is C14H11N5O. The maximum atomic E-state index is 11.9. The van der Waals surface area contributed by atoms with E-state index in [1.807, 2.05) is 18.2 Å². The summed E-state index contributed by atoms with van der Waals surface area (Å²) < 4.78 is 0. The minimum atomic E-state index is 0.0703. The molecule has 0 bridgehead atoms. The van der Waals surface area contributed by atoms with Gasteiger partial charge >= 0.3 is 0 Å². The Hall–Kier alpha value is -2.76. The SMILES string of the molecule is CN1Cc2cc(-c3ncnc4nc[nH]c34)ccc2C1=O. The first-order valence-electron chi connectivity index (χ1n) is 6.27. The lowest BCUT2D eigenvalue weighted by atomic mass is 10.0. The van der Waals surface area contributed by atoms with Crippen molar-refractivity contribution in [3.05, 3.63) is 42.0 Å². The largest absolute Gasteiger partial charge is 0.341 e. The first-order valence-corrected chi connectivity index (χ1v) is 6.27. The number of carbonyl (C=O) groups is 1. The van der Waals surface area contributed by atoms with Gasteiger partial charge in [-0.3, -0.25) is 4.79 Å². The summed E-state index contributed by atoms with van der Waals surface area (Å²) in [6.07, 6.45) is 3.11. The smallest absolute Gasteiger partial charge is 0.254 e. The third-order valence-electron chi connectivity index (χ3n) is 3.59. The van der Waals surface area contributed by atoms with Crippen LogP contribution in [-0.2, 0) is 6.54 Å². The molecule has 3 aromatic rings. The van der Waals surface area contributed by atoms with E-state index in [9.17, 15) is 4.79 Å². The quantitative estimate of drug-likeness (QED) is 0.725. The van der Waals surface area contributed by atoms with Gasteiger partial charge in [0.25, 0.3) is 5.91 Å². The molecule has 0 unspecified atom stereocenters. The second kappa shape index (κ2) is 3.86. The number of fused-ring (bicyclic) bond motifs is 2. The van der Waals surface area contributed by atoms with Crippen LogP contribution >= 0.6 is 0 Å². The zero-order valence-corrected chi connectivity index (χ0v) is 10.8. The number of nitrogens with zero attached hydrogens (tertiary/aromatic N) is 4. The molecule has 1 aliphatic rings. The summed E-state index contributed by atoms with van der Waals surface area (Å²) in [6.45, 7) is 0.638. The van der Waals surface area contributed by atoms with Crippen LogP contribution < -0.4 is 0 Å². The van der Waals surface area contributed by atoms with Crippen molar-refractivity contribution >= 4 is 17.1 Å². The van der Waals surface area contributed by atoms with Gasteiger partial charge in [-0.1, -0.05) is 6.07 Å². The average molecular weight is 265 g/mol. The molecule has 98 valence electrons. The monoisotopic (exact) mass is 265 g/mol. The highest BCUT2D eigenvalue weighted by Gasteiger charge is 2.24. The molecule has 3 heterocycles. The number of rotatable bonds is 1. The fourth-order valence-electron chi connectivity index (χ4n) is 2.60. The van der Waals surface area contributed by atoms with Gasteiger partial charge in [0.2, 0.25) is 0 Å². The van der Waals surface area contributed by atoms with Crippen LogP contribution in [0.25, 0.3) is 22.4 Å². The minimum Gasteiger partial charge on any atom is -0.341 e. The van der Waals surface area contributed by atoms with Gasteiger partial charge in [0, 0.05) is 24.7 Å². The molecule has 0 spiro atoms. The number of aromatic nitrogens is 4. The van der Waals surface area contributed by atoms with E-state index in [1.165, 1.54) is 6.33 Å². The minimum absolute atomic E-state index is 0.0703. The number of aromatic amines is 1. The highest BCUT2D eigenvalue weighted by Crippen LogP contribution is 2.29. The molecule has 20 heavy (non-hydrogen) atoms. The van der Waals surface area contributed by atoms with Crippen molar-refractivity contribution in [1.29, 1.82) is 0 Å². The molecule has 0 saturated carbocycles. The Balaban J connectivity index is 1.90. The highest BCUT2D eigenvalue weighted by atomic mass is 16.2. The van der Waals surface area contributed by atoms with Gasteiger partial charge in [-0.05, 0) is 17.7 Å². The van der Waals surface area contributed by atoms with E-state index in [2.05, 4.69) is 19.9 Å². The zero-order valence-electron chi connectivity index (χ0n) is 10.8. The molecule has 4 rings (SSSR count). The van der Waals surface area contributed by atoms with E-state index in [0.29, 0.717) is 12.2 Å². The lowest BCUT2D eigenvalue weighted by Crippen LogP contribution is -2.17. The van der Waals surface area contributed by atoms with Crippen molar-refractivity contribution in [2.45, 2.75) is 6.54 Å². The van der Waals surface area contributed by atoms with Crippen LogP contribution in [0.4, 0.5) is 0 Å². The molecule has 0 atom stereocenters. The third-order valence-corrected chi connectivity index (χ3v) is 3.59. The highest BCUT2D eigenvalue weighted by molar-refractivity contribution is 5.99. The molecule has 6 nitrogen and oxygen atoms in total. The number of carbonyl (C=O) groups excluding carboxylic acids is 1. The Bertz CT molecular complexity index is 838. The number of hydrogen-bond donors (Lipinski definition) is 1. The van der Waals surface area contributed by atoms with Crippen LogP contribution in [0.3, 0.4) is 0 Å². The molecule has 0 fully saturated rings. The summed E-state index contributed by atoms with van der Waals surface area (Å²) in [5.74, 6) is 0.0703. The average Bonchev–Trinajstić information content (AvgIpc) is 3.04. The van der Waals surface area contributed by atoms with Crippen LogP contribution in [0.2, 0.25) is 0 Å². The van der Waals surface area contributed by atoms with Gasteiger partial charge in [0.1, 0.15) is 11.8 Å². The molecule has 0 saturated heterocycles. The van der Waals surface area contributed by atoms with Crippen molar-refractivity contribution in [3.63, 3.8) is 0 Å². The summed E-state index contributed by atoms with van der Waals surface area (Å²) >= 11 is 0. The van der Waals surface area contributed by atoms with E-state index < -0.39 is 0 Å². The second-order valence-electron chi connectivity index (χ2n) is 4.86. The Morgan fingerprint density at radius 3 is 3.05 bits per heavy atom. The number of amides is 1.